The largest absolute Gasteiger partial charge is 0.497 e. The Morgan fingerprint density at radius 3 is 2.48 bits per heavy atom. The van der Waals surface area contributed by atoms with E-state index in [2.05, 4.69) is 0 Å². The van der Waals surface area contributed by atoms with Gasteiger partial charge in [-0.2, -0.15) is 0 Å². The van der Waals surface area contributed by atoms with Crippen molar-refractivity contribution in [3.8, 4) is 5.75 Å². The van der Waals surface area contributed by atoms with Crippen LogP contribution in [0.4, 0.5) is 0 Å². The number of hydrogen-bond acceptors (Lipinski definition) is 6. The molecule has 0 N–H and O–H groups in total. The maximum atomic E-state index is 12.0. The summed E-state index contributed by atoms with van der Waals surface area (Å²) in [5.74, 6) is 0.425. The first-order valence-corrected chi connectivity index (χ1v) is 8.71. The molecule has 0 aliphatic carbocycles. The summed E-state index contributed by atoms with van der Waals surface area (Å²) in [5.41, 5.74) is 1.01. The third-order valence-electron chi connectivity index (χ3n) is 3.53. The van der Waals surface area contributed by atoms with E-state index in [1.54, 1.807) is 62.6 Å². The van der Waals surface area contributed by atoms with Gasteiger partial charge in [0.05, 0.1) is 25.0 Å². The second kappa shape index (κ2) is 9.08. The number of ether oxygens (including phenoxy) is 2. The van der Waals surface area contributed by atoms with Gasteiger partial charge >= 0.3 is 5.97 Å². The van der Waals surface area contributed by atoms with Crippen LogP contribution in [0.5, 0.6) is 5.75 Å². The zero-order valence-electron chi connectivity index (χ0n) is 14.0. The maximum absolute atomic E-state index is 12.0. The van der Waals surface area contributed by atoms with Crippen LogP contribution in [0.15, 0.2) is 53.4 Å². The Bertz CT molecular complexity index is 733. The van der Waals surface area contributed by atoms with E-state index in [9.17, 15) is 14.9 Å². The van der Waals surface area contributed by atoms with Crippen molar-refractivity contribution in [3.05, 3.63) is 69.8 Å². The molecule has 0 radical (unpaired) electrons. The highest BCUT2D eigenvalue weighted by atomic mass is 32.2. The zero-order valence-corrected chi connectivity index (χ0v) is 14.8. The number of methoxy groups -OCH3 is 1. The minimum Gasteiger partial charge on any atom is -0.497 e. The first kappa shape index (κ1) is 18.8. The molecule has 0 saturated heterocycles. The summed E-state index contributed by atoms with van der Waals surface area (Å²) in [6, 6.07) is 12.8. The number of carbonyl (C=O) groups excluding carboxylic acids is 1. The number of rotatable bonds is 8. The number of benzene rings is 2. The lowest BCUT2D eigenvalue weighted by Gasteiger charge is -2.12. The van der Waals surface area contributed by atoms with Crippen molar-refractivity contribution in [1.82, 2.24) is 0 Å². The molecule has 6 nitrogen and oxygen atoms in total. The highest BCUT2D eigenvalue weighted by Gasteiger charge is 2.24. The van der Waals surface area contributed by atoms with Gasteiger partial charge in [-0.25, -0.2) is 4.79 Å². The molecule has 132 valence electrons. The van der Waals surface area contributed by atoms with Crippen LogP contribution < -0.4 is 4.74 Å². The quantitative estimate of drug-likeness (QED) is 0.306. The monoisotopic (exact) mass is 361 g/mol. The number of hydrogen-bond donors (Lipinski definition) is 0. The van der Waals surface area contributed by atoms with Gasteiger partial charge in [0.1, 0.15) is 5.75 Å². The fourth-order valence-corrected chi connectivity index (χ4v) is 3.38. The lowest BCUT2D eigenvalue weighted by Crippen LogP contribution is -2.13. The van der Waals surface area contributed by atoms with Crippen molar-refractivity contribution in [2.75, 3.05) is 19.5 Å². The van der Waals surface area contributed by atoms with Gasteiger partial charge in [-0.05, 0) is 43.3 Å². The molecule has 0 heterocycles. The van der Waals surface area contributed by atoms with E-state index >= 15 is 0 Å². The number of nitrogens with zero attached hydrogens (tertiary/aromatic N) is 1. The molecule has 25 heavy (non-hydrogen) atoms. The molecule has 2 aromatic rings. The van der Waals surface area contributed by atoms with E-state index in [1.165, 1.54) is 11.8 Å². The Morgan fingerprint density at radius 2 is 1.88 bits per heavy atom. The summed E-state index contributed by atoms with van der Waals surface area (Å²) in [7, 11) is 1.54. The average molecular weight is 361 g/mol. The van der Waals surface area contributed by atoms with Crippen LogP contribution in [0.3, 0.4) is 0 Å². The molecular formula is C18H19NO5S. The average Bonchev–Trinajstić information content (AvgIpc) is 2.62. The predicted molar refractivity (Wildman–Crippen MR) is 95.9 cm³/mol. The van der Waals surface area contributed by atoms with Crippen LogP contribution in [0, 0.1) is 10.1 Å². The lowest BCUT2D eigenvalue weighted by atomic mass is 10.1. The van der Waals surface area contributed by atoms with E-state index in [1.807, 2.05) is 0 Å². The molecule has 2 rings (SSSR count). The summed E-state index contributed by atoms with van der Waals surface area (Å²) in [4.78, 5) is 23.8. The Balaban J connectivity index is 2.16. The molecule has 0 aromatic heterocycles. The molecule has 0 fully saturated rings. The number of nitro groups is 1. The van der Waals surface area contributed by atoms with Gasteiger partial charge in [0, 0.05) is 15.4 Å². The van der Waals surface area contributed by atoms with Crippen molar-refractivity contribution in [1.29, 1.82) is 0 Å². The fourth-order valence-electron chi connectivity index (χ4n) is 2.24. The Kier molecular flexibility index (Phi) is 6.82. The van der Waals surface area contributed by atoms with Crippen LogP contribution in [-0.4, -0.2) is 30.4 Å². The molecule has 0 aliphatic heterocycles. The number of thioether (sulfide) groups is 1. The van der Waals surface area contributed by atoms with Crippen molar-refractivity contribution < 1.29 is 19.2 Å². The molecule has 2 aromatic carbocycles. The van der Waals surface area contributed by atoms with E-state index in [4.69, 9.17) is 9.47 Å². The Hall–Kier alpha value is -2.54. The molecule has 0 unspecified atom stereocenters. The highest BCUT2D eigenvalue weighted by molar-refractivity contribution is 7.99. The lowest BCUT2D eigenvalue weighted by molar-refractivity contribution is -0.522. The second-order valence-electron chi connectivity index (χ2n) is 5.10. The fraction of sp³-hybridized carbons (Fsp3) is 0.278. The van der Waals surface area contributed by atoms with Crippen molar-refractivity contribution in [2.45, 2.75) is 17.9 Å². The van der Waals surface area contributed by atoms with Gasteiger partial charge in [0.2, 0.25) is 6.04 Å². The summed E-state index contributed by atoms with van der Waals surface area (Å²) in [6.07, 6.45) is 0. The minimum atomic E-state index is -0.883. The van der Waals surface area contributed by atoms with Crippen LogP contribution in [0.1, 0.15) is 28.9 Å². The van der Waals surface area contributed by atoms with Gasteiger partial charge < -0.3 is 9.47 Å². The van der Waals surface area contributed by atoms with E-state index in [0.29, 0.717) is 21.8 Å². The molecule has 0 amide bonds. The molecular weight excluding hydrogens is 342 g/mol. The van der Waals surface area contributed by atoms with Crippen molar-refractivity contribution in [2.24, 2.45) is 0 Å². The highest BCUT2D eigenvalue weighted by Crippen LogP contribution is 2.30. The number of carbonyl (C=O) groups is 1. The Morgan fingerprint density at radius 1 is 1.20 bits per heavy atom. The van der Waals surface area contributed by atoms with E-state index in [0.717, 1.165) is 0 Å². The smallest absolute Gasteiger partial charge is 0.339 e. The molecule has 0 spiro atoms. The van der Waals surface area contributed by atoms with Gasteiger partial charge in [0.15, 0.2) is 0 Å². The molecule has 0 saturated carbocycles. The maximum Gasteiger partial charge on any atom is 0.339 e. The van der Waals surface area contributed by atoms with Gasteiger partial charge in [-0.1, -0.05) is 12.1 Å². The standard InChI is InChI=1S/C18H19NO5S/c1-3-24-18(20)15-6-4-5-7-17(15)25-12-16(19(21)22)13-8-10-14(23-2)11-9-13/h4-11,16H,3,12H2,1-2H3/t16-/m0/s1. The summed E-state index contributed by atoms with van der Waals surface area (Å²) < 4.78 is 10.1. The molecule has 1 atom stereocenters. The van der Waals surface area contributed by atoms with Crippen molar-refractivity contribution >= 4 is 17.7 Å². The SMILES string of the molecule is CCOC(=O)c1ccccc1SC[C@@H](c1ccc(OC)cc1)[N+](=O)[O-]. The predicted octanol–water partition coefficient (Wildman–Crippen LogP) is 3.98. The minimum absolute atomic E-state index is 0.204. The zero-order chi connectivity index (χ0) is 18.2. The van der Waals surface area contributed by atoms with Gasteiger partial charge in [-0.3, -0.25) is 10.1 Å². The summed E-state index contributed by atoms with van der Waals surface area (Å²) in [5, 5.41) is 11.5. The molecule has 7 heteroatoms. The summed E-state index contributed by atoms with van der Waals surface area (Å²) in [6.45, 7) is 2.02. The second-order valence-corrected chi connectivity index (χ2v) is 6.16. The van der Waals surface area contributed by atoms with Crippen molar-refractivity contribution in [3.63, 3.8) is 0 Å². The van der Waals surface area contributed by atoms with Crippen LogP contribution in [0.25, 0.3) is 0 Å². The third-order valence-corrected chi connectivity index (χ3v) is 4.68. The van der Waals surface area contributed by atoms with Crippen LogP contribution >= 0.6 is 11.8 Å². The number of esters is 1. The molecule has 0 aliphatic rings. The normalized spacial score (nSPS) is 11.6. The first-order chi connectivity index (χ1) is 12.1. The van der Waals surface area contributed by atoms with E-state index < -0.39 is 12.0 Å². The van der Waals surface area contributed by atoms with Crippen LogP contribution in [-0.2, 0) is 4.74 Å². The van der Waals surface area contributed by atoms with E-state index in [-0.39, 0.29) is 17.3 Å². The molecule has 0 bridgehead atoms. The van der Waals surface area contributed by atoms with Gasteiger partial charge in [0.25, 0.3) is 0 Å². The van der Waals surface area contributed by atoms with Crippen LogP contribution in [0.2, 0.25) is 0 Å². The van der Waals surface area contributed by atoms with Gasteiger partial charge in [-0.15, -0.1) is 11.8 Å². The first-order valence-electron chi connectivity index (χ1n) is 7.73. The topological polar surface area (TPSA) is 78.7 Å². The summed E-state index contributed by atoms with van der Waals surface area (Å²) >= 11 is 1.27. The Labute approximate surface area is 150 Å². The third kappa shape index (κ3) is 4.96.